The Balaban J connectivity index is 1.93. The molecule has 0 radical (unpaired) electrons. The zero-order valence-electron chi connectivity index (χ0n) is 12.6. The van der Waals surface area contributed by atoms with Gasteiger partial charge in [0.25, 0.3) is 0 Å². The van der Waals surface area contributed by atoms with Gasteiger partial charge in [0.05, 0.1) is 5.41 Å². The number of hydrogen-bond acceptors (Lipinski definition) is 3. The van der Waals surface area contributed by atoms with Crippen molar-refractivity contribution in [2.24, 2.45) is 5.41 Å². The standard InChI is InChI=1S/C14H25N3O3/c1-11-10-15(3)8-9-17(11)13(20)16-6-4-14(2,5-7-16)12(18)19/h11H,4-10H2,1-3H3,(H,18,19). The second-order valence-corrected chi connectivity index (χ2v) is 6.44. The Bertz CT molecular complexity index is 391. The fourth-order valence-electron chi connectivity index (χ4n) is 3.01. The number of aliphatic carboxylic acids is 1. The maximum atomic E-state index is 12.5. The molecule has 0 aliphatic carbocycles. The summed E-state index contributed by atoms with van der Waals surface area (Å²) >= 11 is 0. The Kier molecular flexibility index (Phi) is 4.22. The number of carboxylic acids is 1. The first kappa shape index (κ1) is 15.1. The van der Waals surface area contributed by atoms with Crippen LogP contribution in [0.25, 0.3) is 0 Å². The molecule has 0 aromatic carbocycles. The van der Waals surface area contributed by atoms with Crippen LogP contribution in [0.5, 0.6) is 0 Å². The van der Waals surface area contributed by atoms with Gasteiger partial charge in [0.2, 0.25) is 0 Å². The van der Waals surface area contributed by atoms with Crippen molar-refractivity contribution in [2.75, 3.05) is 39.8 Å². The van der Waals surface area contributed by atoms with Crippen molar-refractivity contribution < 1.29 is 14.7 Å². The van der Waals surface area contributed by atoms with E-state index in [1.165, 1.54) is 0 Å². The smallest absolute Gasteiger partial charge is 0.320 e. The number of piperidine rings is 1. The summed E-state index contributed by atoms with van der Waals surface area (Å²) in [6.07, 6.45) is 1.08. The predicted octanol–water partition coefficient (Wildman–Crippen LogP) is 0.929. The number of amides is 2. The van der Waals surface area contributed by atoms with Gasteiger partial charge in [0.15, 0.2) is 0 Å². The van der Waals surface area contributed by atoms with Gasteiger partial charge in [0.1, 0.15) is 0 Å². The summed E-state index contributed by atoms with van der Waals surface area (Å²) in [5.74, 6) is -0.752. The van der Waals surface area contributed by atoms with Crippen molar-refractivity contribution >= 4 is 12.0 Å². The highest BCUT2D eigenvalue weighted by Crippen LogP contribution is 2.31. The third-order valence-electron chi connectivity index (χ3n) is 4.73. The van der Waals surface area contributed by atoms with Crippen LogP contribution in [0.2, 0.25) is 0 Å². The zero-order chi connectivity index (χ0) is 14.9. The van der Waals surface area contributed by atoms with E-state index in [9.17, 15) is 14.7 Å². The first-order chi connectivity index (χ1) is 9.33. The highest BCUT2D eigenvalue weighted by Gasteiger charge is 2.39. The van der Waals surface area contributed by atoms with Gasteiger partial charge in [-0.25, -0.2) is 4.79 Å². The van der Waals surface area contributed by atoms with E-state index in [4.69, 9.17) is 0 Å². The quantitative estimate of drug-likeness (QED) is 0.777. The summed E-state index contributed by atoms with van der Waals surface area (Å²) in [7, 11) is 2.07. The Morgan fingerprint density at radius 2 is 1.75 bits per heavy atom. The van der Waals surface area contributed by atoms with E-state index in [0.717, 1.165) is 19.6 Å². The van der Waals surface area contributed by atoms with Crippen molar-refractivity contribution in [3.05, 3.63) is 0 Å². The van der Waals surface area contributed by atoms with Crippen LogP contribution in [0, 0.1) is 5.41 Å². The molecular weight excluding hydrogens is 258 g/mol. The Morgan fingerprint density at radius 1 is 1.15 bits per heavy atom. The number of nitrogens with zero attached hydrogens (tertiary/aromatic N) is 3. The van der Waals surface area contributed by atoms with Crippen molar-refractivity contribution in [3.63, 3.8) is 0 Å². The van der Waals surface area contributed by atoms with Crippen LogP contribution in [0.4, 0.5) is 4.79 Å². The maximum absolute atomic E-state index is 12.5. The van der Waals surface area contributed by atoms with Crippen LogP contribution in [0.15, 0.2) is 0 Å². The molecule has 1 N–H and O–H groups in total. The fraction of sp³-hybridized carbons (Fsp3) is 0.857. The summed E-state index contributed by atoms with van der Waals surface area (Å²) in [5.41, 5.74) is -0.676. The van der Waals surface area contributed by atoms with Crippen LogP contribution in [0.3, 0.4) is 0 Å². The number of carboxylic acid groups (broad SMARTS) is 1. The van der Waals surface area contributed by atoms with Gasteiger partial charge < -0.3 is 19.8 Å². The van der Waals surface area contributed by atoms with E-state index in [1.807, 2.05) is 9.80 Å². The van der Waals surface area contributed by atoms with Crippen molar-refractivity contribution in [2.45, 2.75) is 32.7 Å². The highest BCUT2D eigenvalue weighted by molar-refractivity contribution is 5.77. The van der Waals surface area contributed by atoms with Gasteiger partial charge in [0, 0.05) is 38.8 Å². The third-order valence-corrected chi connectivity index (χ3v) is 4.73. The molecule has 2 amide bonds. The molecule has 0 aromatic rings. The highest BCUT2D eigenvalue weighted by atomic mass is 16.4. The number of hydrogen-bond donors (Lipinski definition) is 1. The molecule has 2 fully saturated rings. The lowest BCUT2D eigenvalue weighted by molar-refractivity contribution is -0.150. The van der Waals surface area contributed by atoms with Crippen molar-refractivity contribution in [1.29, 1.82) is 0 Å². The van der Waals surface area contributed by atoms with Crippen molar-refractivity contribution in [3.8, 4) is 0 Å². The summed E-state index contributed by atoms with van der Waals surface area (Å²) in [6.45, 7) is 7.47. The third kappa shape index (κ3) is 2.90. The van der Waals surface area contributed by atoms with Gasteiger partial charge >= 0.3 is 12.0 Å². The Morgan fingerprint density at radius 3 is 2.25 bits per heavy atom. The Hall–Kier alpha value is -1.30. The molecule has 1 atom stereocenters. The number of likely N-dealkylation sites (tertiary alicyclic amines) is 1. The van der Waals surface area contributed by atoms with E-state index in [-0.39, 0.29) is 12.1 Å². The molecule has 6 heteroatoms. The van der Waals surface area contributed by atoms with Crippen LogP contribution >= 0.6 is 0 Å². The van der Waals surface area contributed by atoms with Crippen molar-refractivity contribution in [1.82, 2.24) is 14.7 Å². The van der Waals surface area contributed by atoms with E-state index >= 15 is 0 Å². The molecule has 0 bridgehead atoms. The largest absolute Gasteiger partial charge is 0.481 e. The zero-order valence-corrected chi connectivity index (χ0v) is 12.6. The lowest BCUT2D eigenvalue weighted by Crippen LogP contribution is -2.58. The molecule has 0 saturated carbocycles. The average Bonchev–Trinajstić information content (AvgIpc) is 2.38. The molecule has 2 aliphatic rings. The monoisotopic (exact) mass is 283 g/mol. The Labute approximate surface area is 120 Å². The first-order valence-corrected chi connectivity index (χ1v) is 7.31. The van der Waals surface area contributed by atoms with Gasteiger partial charge in [-0.1, -0.05) is 0 Å². The molecule has 1 unspecified atom stereocenters. The number of likely N-dealkylation sites (N-methyl/N-ethyl adjacent to an activating group) is 1. The van der Waals surface area contributed by atoms with Crippen LogP contribution in [-0.4, -0.2) is 77.6 Å². The van der Waals surface area contributed by atoms with E-state index < -0.39 is 11.4 Å². The number of rotatable bonds is 1. The second kappa shape index (κ2) is 5.60. The minimum atomic E-state index is -0.752. The predicted molar refractivity (Wildman–Crippen MR) is 75.6 cm³/mol. The van der Waals surface area contributed by atoms with E-state index in [1.54, 1.807) is 6.92 Å². The first-order valence-electron chi connectivity index (χ1n) is 7.31. The molecule has 20 heavy (non-hydrogen) atoms. The SMILES string of the molecule is CC1CN(C)CCN1C(=O)N1CCC(C)(C(=O)O)CC1. The summed E-state index contributed by atoms with van der Waals surface area (Å²) in [4.78, 5) is 29.7. The van der Waals surface area contributed by atoms with Gasteiger partial charge in [-0.05, 0) is 33.7 Å². The van der Waals surface area contributed by atoms with Gasteiger partial charge in [-0.2, -0.15) is 0 Å². The normalized spacial score (nSPS) is 27.4. The molecule has 0 aromatic heterocycles. The number of carbonyl (C=O) groups is 2. The molecule has 114 valence electrons. The summed E-state index contributed by atoms with van der Waals surface area (Å²) in [6, 6.07) is 0.284. The van der Waals surface area contributed by atoms with Gasteiger partial charge in [-0.15, -0.1) is 0 Å². The number of urea groups is 1. The number of piperazine rings is 1. The van der Waals surface area contributed by atoms with E-state index in [2.05, 4.69) is 18.9 Å². The van der Waals surface area contributed by atoms with Crippen LogP contribution in [0.1, 0.15) is 26.7 Å². The lowest BCUT2D eigenvalue weighted by atomic mass is 9.80. The molecular formula is C14H25N3O3. The fourth-order valence-corrected chi connectivity index (χ4v) is 3.01. The van der Waals surface area contributed by atoms with Crippen LogP contribution in [-0.2, 0) is 4.79 Å². The number of carbonyl (C=O) groups excluding carboxylic acids is 1. The second-order valence-electron chi connectivity index (χ2n) is 6.44. The molecule has 2 rings (SSSR count). The van der Waals surface area contributed by atoms with E-state index in [0.29, 0.717) is 25.9 Å². The maximum Gasteiger partial charge on any atom is 0.320 e. The minimum absolute atomic E-state index is 0.0676. The summed E-state index contributed by atoms with van der Waals surface area (Å²) < 4.78 is 0. The lowest BCUT2D eigenvalue weighted by Gasteiger charge is -2.43. The topological polar surface area (TPSA) is 64.1 Å². The van der Waals surface area contributed by atoms with Crippen LogP contribution < -0.4 is 0 Å². The minimum Gasteiger partial charge on any atom is -0.481 e. The molecule has 2 saturated heterocycles. The van der Waals surface area contributed by atoms with Gasteiger partial charge in [-0.3, -0.25) is 4.79 Å². The molecule has 2 aliphatic heterocycles. The summed E-state index contributed by atoms with van der Waals surface area (Å²) in [5, 5.41) is 9.22. The average molecular weight is 283 g/mol. The molecule has 2 heterocycles. The molecule has 6 nitrogen and oxygen atoms in total. The molecule has 0 spiro atoms.